The predicted molar refractivity (Wildman–Crippen MR) is 74.8 cm³/mol. The van der Waals surface area contributed by atoms with Crippen molar-refractivity contribution in [2.45, 2.75) is 6.04 Å². The summed E-state index contributed by atoms with van der Waals surface area (Å²) in [6.45, 7) is 0. The average molecular weight is 280 g/mol. The van der Waals surface area contributed by atoms with Gasteiger partial charge in [0.25, 0.3) is 0 Å². The summed E-state index contributed by atoms with van der Waals surface area (Å²) in [5.41, 5.74) is 6.06. The largest absolute Gasteiger partial charge is 0.480 e. The van der Waals surface area contributed by atoms with Crippen LogP contribution in [0.2, 0.25) is 0 Å². The van der Waals surface area contributed by atoms with Crippen LogP contribution in [0.15, 0.2) is 54.6 Å². The molecule has 0 saturated carbocycles. The highest BCUT2D eigenvalue weighted by atomic mass is 35.5. The Bertz CT molecular complexity index is 545. The first kappa shape index (κ1) is 15.0. The van der Waals surface area contributed by atoms with Gasteiger partial charge in [0, 0.05) is 0 Å². The Kier molecular flexibility index (Phi) is 5.36. The molecule has 2 rings (SSSR count). The predicted octanol–water partition coefficient (Wildman–Crippen LogP) is 2.99. The van der Waals surface area contributed by atoms with Gasteiger partial charge in [-0.05, 0) is 29.8 Å². The highest BCUT2D eigenvalue weighted by Crippen LogP contribution is 2.23. The lowest BCUT2D eigenvalue weighted by Gasteiger charge is -2.10. The van der Waals surface area contributed by atoms with Crippen LogP contribution in [-0.4, -0.2) is 11.1 Å². The quantitative estimate of drug-likeness (QED) is 0.902. The van der Waals surface area contributed by atoms with E-state index in [2.05, 4.69) is 0 Å². The second kappa shape index (κ2) is 6.78. The van der Waals surface area contributed by atoms with E-state index in [0.29, 0.717) is 17.1 Å². The first-order valence-electron chi connectivity index (χ1n) is 5.48. The maximum absolute atomic E-state index is 10.8. The second-order valence-corrected chi connectivity index (χ2v) is 3.80. The minimum absolute atomic E-state index is 0. The van der Waals surface area contributed by atoms with Gasteiger partial charge in [0.2, 0.25) is 0 Å². The fourth-order valence-electron chi connectivity index (χ4n) is 1.54. The number of carbonyl (C=O) groups is 1. The molecule has 1 unspecified atom stereocenters. The van der Waals surface area contributed by atoms with E-state index in [1.165, 1.54) is 0 Å². The molecule has 0 aliphatic heterocycles. The van der Waals surface area contributed by atoms with Crippen LogP contribution in [0.3, 0.4) is 0 Å². The first-order chi connectivity index (χ1) is 8.66. The zero-order valence-electron chi connectivity index (χ0n) is 10.0. The third-order valence-electron chi connectivity index (χ3n) is 2.46. The molecule has 0 spiro atoms. The van der Waals surface area contributed by atoms with Crippen LogP contribution in [0.25, 0.3) is 0 Å². The fourth-order valence-corrected chi connectivity index (χ4v) is 1.54. The summed E-state index contributed by atoms with van der Waals surface area (Å²) in [5.74, 6) is 0.195. The Labute approximate surface area is 117 Å². The van der Waals surface area contributed by atoms with Crippen molar-refractivity contribution in [1.82, 2.24) is 0 Å². The van der Waals surface area contributed by atoms with Crippen molar-refractivity contribution in [2.24, 2.45) is 5.73 Å². The van der Waals surface area contributed by atoms with Gasteiger partial charge in [-0.25, -0.2) is 0 Å². The zero-order chi connectivity index (χ0) is 13.0. The number of hydrogen-bond acceptors (Lipinski definition) is 3. The maximum Gasteiger partial charge on any atom is 0.325 e. The molecule has 100 valence electrons. The summed E-state index contributed by atoms with van der Waals surface area (Å²) < 4.78 is 5.60. The zero-order valence-corrected chi connectivity index (χ0v) is 10.8. The van der Waals surface area contributed by atoms with Gasteiger partial charge in [0.05, 0.1) is 0 Å². The molecule has 0 radical (unpaired) electrons. The summed E-state index contributed by atoms with van der Waals surface area (Å²) in [6.07, 6.45) is 0. The van der Waals surface area contributed by atoms with Crippen molar-refractivity contribution in [1.29, 1.82) is 0 Å². The van der Waals surface area contributed by atoms with Gasteiger partial charge in [0.1, 0.15) is 17.5 Å². The number of aliphatic carboxylic acids is 1. The number of carboxylic acids is 1. The van der Waals surface area contributed by atoms with Crippen LogP contribution < -0.4 is 10.5 Å². The van der Waals surface area contributed by atoms with Crippen molar-refractivity contribution in [3.05, 3.63) is 60.2 Å². The summed E-state index contributed by atoms with van der Waals surface area (Å²) in [6, 6.07) is 15.0. The van der Waals surface area contributed by atoms with Crippen molar-refractivity contribution in [3.8, 4) is 11.5 Å². The second-order valence-electron chi connectivity index (χ2n) is 3.80. The Balaban J connectivity index is 0.00000180. The standard InChI is InChI=1S/C14H13NO3.ClH/c15-13(14(16)17)10-5-4-8-12(9-10)18-11-6-2-1-3-7-11;/h1-9,13H,15H2,(H,16,17);1H. The number of ether oxygens (including phenoxy) is 1. The molecule has 3 N–H and O–H groups in total. The molecule has 4 nitrogen and oxygen atoms in total. The minimum atomic E-state index is -1.06. The van der Waals surface area contributed by atoms with E-state index in [1.807, 2.05) is 30.3 Å². The van der Waals surface area contributed by atoms with Gasteiger partial charge in [-0.15, -0.1) is 12.4 Å². The smallest absolute Gasteiger partial charge is 0.325 e. The Morgan fingerprint density at radius 3 is 2.32 bits per heavy atom. The fraction of sp³-hybridized carbons (Fsp3) is 0.0714. The molecule has 0 aliphatic rings. The van der Waals surface area contributed by atoms with Crippen molar-refractivity contribution in [2.75, 3.05) is 0 Å². The molecule has 0 saturated heterocycles. The lowest BCUT2D eigenvalue weighted by Crippen LogP contribution is -2.20. The summed E-state index contributed by atoms with van der Waals surface area (Å²) in [4.78, 5) is 10.8. The Morgan fingerprint density at radius 2 is 1.68 bits per heavy atom. The highest BCUT2D eigenvalue weighted by molar-refractivity contribution is 5.85. The summed E-state index contributed by atoms with van der Waals surface area (Å²) in [7, 11) is 0. The van der Waals surface area contributed by atoms with Gasteiger partial charge in [0.15, 0.2) is 0 Å². The van der Waals surface area contributed by atoms with Gasteiger partial charge < -0.3 is 15.6 Å². The van der Waals surface area contributed by atoms with Crippen LogP contribution >= 0.6 is 12.4 Å². The molecule has 0 aliphatic carbocycles. The minimum Gasteiger partial charge on any atom is -0.480 e. The van der Waals surface area contributed by atoms with Crippen LogP contribution in [0.5, 0.6) is 11.5 Å². The van der Waals surface area contributed by atoms with E-state index >= 15 is 0 Å². The molecular formula is C14H14ClNO3. The van der Waals surface area contributed by atoms with Gasteiger partial charge >= 0.3 is 5.97 Å². The Morgan fingerprint density at radius 1 is 1.05 bits per heavy atom. The highest BCUT2D eigenvalue weighted by Gasteiger charge is 2.14. The molecule has 2 aromatic carbocycles. The number of hydrogen-bond donors (Lipinski definition) is 2. The maximum atomic E-state index is 10.8. The average Bonchev–Trinajstić information content (AvgIpc) is 2.39. The number of rotatable bonds is 4. The third-order valence-corrected chi connectivity index (χ3v) is 2.46. The van der Waals surface area contributed by atoms with E-state index < -0.39 is 12.0 Å². The molecule has 0 bridgehead atoms. The number of carboxylic acid groups (broad SMARTS) is 1. The lowest BCUT2D eigenvalue weighted by atomic mass is 10.1. The van der Waals surface area contributed by atoms with E-state index in [4.69, 9.17) is 15.6 Å². The first-order valence-corrected chi connectivity index (χ1v) is 5.48. The van der Waals surface area contributed by atoms with Crippen molar-refractivity contribution < 1.29 is 14.6 Å². The number of halogens is 1. The van der Waals surface area contributed by atoms with Gasteiger partial charge in [-0.2, -0.15) is 0 Å². The van der Waals surface area contributed by atoms with Gasteiger partial charge in [-0.3, -0.25) is 4.79 Å². The van der Waals surface area contributed by atoms with Crippen LogP contribution in [0, 0.1) is 0 Å². The summed E-state index contributed by atoms with van der Waals surface area (Å²) in [5, 5.41) is 8.85. The molecule has 1 atom stereocenters. The molecule has 0 amide bonds. The topological polar surface area (TPSA) is 72.6 Å². The lowest BCUT2D eigenvalue weighted by molar-refractivity contribution is -0.138. The number of benzene rings is 2. The molecule has 2 aromatic rings. The van der Waals surface area contributed by atoms with Crippen LogP contribution in [0.1, 0.15) is 11.6 Å². The summed E-state index contributed by atoms with van der Waals surface area (Å²) >= 11 is 0. The number of para-hydroxylation sites is 1. The van der Waals surface area contributed by atoms with Crippen molar-refractivity contribution >= 4 is 18.4 Å². The van der Waals surface area contributed by atoms with E-state index in [0.717, 1.165) is 0 Å². The molecule has 0 fully saturated rings. The molecule has 0 aromatic heterocycles. The SMILES string of the molecule is Cl.NC(C(=O)O)c1cccc(Oc2ccccc2)c1. The Hall–Kier alpha value is -2.04. The molecule has 0 heterocycles. The van der Waals surface area contributed by atoms with Crippen LogP contribution in [-0.2, 0) is 4.79 Å². The van der Waals surface area contributed by atoms with E-state index in [9.17, 15) is 4.79 Å². The van der Waals surface area contributed by atoms with Gasteiger partial charge in [-0.1, -0.05) is 30.3 Å². The normalized spacial score (nSPS) is 11.2. The molecular weight excluding hydrogens is 266 g/mol. The van der Waals surface area contributed by atoms with Crippen LogP contribution in [0.4, 0.5) is 0 Å². The van der Waals surface area contributed by atoms with E-state index in [-0.39, 0.29) is 12.4 Å². The number of nitrogens with two attached hydrogens (primary N) is 1. The van der Waals surface area contributed by atoms with Crippen molar-refractivity contribution in [3.63, 3.8) is 0 Å². The monoisotopic (exact) mass is 279 g/mol. The molecule has 5 heteroatoms. The third kappa shape index (κ3) is 3.98. The molecule has 19 heavy (non-hydrogen) atoms. The van der Waals surface area contributed by atoms with E-state index in [1.54, 1.807) is 24.3 Å².